The van der Waals surface area contributed by atoms with E-state index in [2.05, 4.69) is 21.2 Å². The van der Waals surface area contributed by atoms with Crippen molar-refractivity contribution in [3.63, 3.8) is 0 Å². The largest absolute Gasteiger partial charge is 0.379 e. The summed E-state index contributed by atoms with van der Waals surface area (Å²) in [5, 5.41) is 3.23. The third-order valence-corrected chi connectivity index (χ3v) is 3.82. The Morgan fingerprint density at radius 1 is 1.05 bits per heavy atom. The van der Waals surface area contributed by atoms with E-state index in [1.165, 1.54) is 12.1 Å². The summed E-state index contributed by atoms with van der Waals surface area (Å²) in [6, 6.07) is 9.22. The van der Waals surface area contributed by atoms with Crippen molar-refractivity contribution in [2.24, 2.45) is 0 Å². The zero-order valence-electron chi connectivity index (χ0n) is 10.7. The van der Waals surface area contributed by atoms with Gasteiger partial charge in [-0.3, -0.25) is 0 Å². The molecule has 0 aliphatic carbocycles. The van der Waals surface area contributed by atoms with E-state index in [-0.39, 0.29) is 6.04 Å². The lowest BCUT2D eigenvalue weighted by Gasteiger charge is -2.16. The molecule has 0 radical (unpaired) electrons. The molecule has 1 unspecified atom stereocenters. The zero-order valence-corrected chi connectivity index (χ0v) is 12.3. The Morgan fingerprint density at radius 2 is 1.68 bits per heavy atom. The van der Waals surface area contributed by atoms with Crippen LogP contribution in [0.2, 0.25) is 0 Å². The lowest BCUT2D eigenvalue weighted by Crippen LogP contribution is -2.07. The molecule has 100 valence electrons. The summed E-state index contributed by atoms with van der Waals surface area (Å²) in [4.78, 5) is 0. The Kier molecular flexibility index (Phi) is 4.20. The van der Waals surface area contributed by atoms with E-state index >= 15 is 0 Å². The normalized spacial score (nSPS) is 12.3. The van der Waals surface area contributed by atoms with E-state index in [4.69, 9.17) is 0 Å². The van der Waals surface area contributed by atoms with Crippen LogP contribution in [0.4, 0.5) is 14.5 Å². The van der Waals surface area contributed by atoms with Gasteiger partial charge < -0.3 is 5.32 Å². The van der Waals surface area contributed by atoms with Crippen molar-refractivity contribution in [2.45, 2.75) is 19.9 Å². The molecule has 0 spiro atoms. The van der Waals surface area contributed by atoms with E-state index < -0.39 is 11.6 Å². The molecule has 0 amide bonds. The van der Waals surface area contributed by atoms with Gasteiger partial charge in [-0.05, 0) is 55.3 Å². The van der Waals surface area contributed by atoms with Crippen LogP contribution in [0.3, 0.4) is 0 Å². The lowest BCUT2D eigenvalue weighted by molar-refractivity contribution is 0.577. The van der Waals surface area contributed by atoms with Crippen LogP contribution in [-0.4, -0.2) is 0 Å². The van der Waals surface area contributed by atoms with E-state index in [0.29, 0.717) is 5.56 Å². The van der Waals surface area contributed by atoms with Crippen LogP contribution in [0.5, 0.6) is 0 Å². The Morgan fingerprint density at radius 3 is 2.26 bits per heavy atom. The van der Waals surface area contributed by atoms with Crippen LogP contribution >= 0.6 is 15.9 Å². The molecule has 0 aromatic heterocycles. The highest BCUT2D eigenvalue weighted by Gasteiger charge is 2.09. The molecule has 0 fully saturated rings. The minimum absolute atomic E-state index is 0.175. The molecule has 0 saturated carbocycles. The summed E-state index contributed by atoms with van der Waals surface area (Å²) in [5.41, 5.74) is 2.60. The van der Waals surface area contributed by atoms with Gasteiger partial charge in [-0.1, -0.05) is 15.9 Å². The second kappa shape index (κ2) is 5.70. The lowest BCUT2D eigenvalue weighted by atomic mass is 10.1. The molecule has 0 bridgehead atoms. The van der Waals surface area contributed by atoms with E-state index in [1.807, 2.05) is 32.0 Å². The van der Waals surface area contributed by atoms with Crippen molar-refractivity contribution in [3.05, 3.63) is 63.6 Å². The summed E-state index contributed by atoms with van der Waals surface area (Å²) in [7, 11) is 0. The highest BCUT2D eigenvalue weighted by molar-refractivity contribution is 9.10. The van der Waals surface area contributed by atoms with Gasteiger partial charge >= 0.3 is 0 Å². The molecular formula is C15H14BrF2N. The Hall–Kier alpha value is -1.42. The van der Waals surface area contributed by atoms with Crippen LogP contribution in [-0.2, 0) is 0 Å². The van der Waals surface area contributed by atoms with E-state index in [9.17, 15) is 8.78 Å². The second-order valence-electron chi connectivity index (χ2n) is 4.53. The minimum Gasteiger partial charge on any atom is -0.379 e. The first-order chi connectivity index (χ1) is 8.95. The third-order valence-electron chi connectivity index (χ3n) is 2.93. The molecule has 2 rings (SSSR count). The first-order valence-electron chi connectivity index (χ1n) is 5.94. The first kappa shape index (κ1) is 14.0. The molecule has 2 aromatic carbocycles. The average Bonchev–Trinajstić information content (AvgIpc) is 2.32. The first-order valence-corrected chi connectivity index (χ1v) is 6.73. The molecule has 4 heteroatoms. The third kappa shape index (κ3) is 3.53. The predicted octanol–water partition coefficient (Wildman–Crippen LogP) is 5.21. The Balaban J connectivity index is 2.20. The molecular weight excluding hydrogens is 312 g/mol. The number of benzene rings is 2. The van der Waals surface area contributed by atoms with Crippen LogP contribution in [0.25, 0.3) is 0 Å². The monoisotopic (exact) mass is 325 g/mol. The smallest absolute Gasteiger partial charge is 0.126 e. The Bertz CT molecular complexity index is 578. The van der Waals surface area contributed by atoms with Crippen LogP contribution in [0.15, 0.2) is 40.9 Å². The maximum Gasteiger partial charge on any atom is 0.126 e. The van der Waals surface area contributed by atoms with Gasteiger partial charge in [0.25, 0.3) is 0 Å². The summed E-state index contributed by atoms with van der Waals surface area (Å²) in [6.45, 7) is 3.85. The average molecular weight is 326 g/mol. The number of aryl methyl sites for hydroxylation is 1. The molecule has 1 atom stereocenters. The van der Waals surface area contributed by atoms with Crippen molar-refractivity contribution < 1.29 is 8.78 Å². The number of halogens is 3. The summed E-state index contributed by atoms with van der Waals surface area (Å²) in [5.74, 6) is -1.12. The van der Waals surface area contributed by atoms with Gasteiger partial charge in [-0.15, -0.1) is 0 Å². The number of nitrogens with one attached hydrogen (secondary N) is 1. The summed E-state index contributed by atoms with van der Waals surface area (Å²) in [6.07, 6.45) is 0. The standard InChI is InChI=1S/C15H14BrF2N/c1-9-5-14(3-4-15(9)16)19-10(2)11-6-12(17)8-13(18)7-11/h3-8,10,19H,1-2H3. The number of hydrogen-bond acceptors (Lipinski definition) is 1. The quantitative estimate of drug-likeness (QED) is 0.816. The number of rotatable bonds is 3. The fourth-order valence-electron chi connectivity index (χ4n) is 1.89. The highest BCUT2D eigenvalue weighted by Crippen LogP contribution is 2.24. The maximum absolute atomic E-state index is 13.2. The zero-order chi connectivity index (χ0) is 14.0. The second-order valence-corrected chi connectivity index (χ2v) is 5.39. The maximum atomic E-state index is 13.2. The van der Waals surface area contributed by atoms with Crippen LogP contribution < -0.4 is 5.32 Å². The molecule has 1 N–H and O–H groups in total. The van der Waals surface area contributed by atoms with Gasteiger partial charge in [0.2, 0.25) is 0 Å². The fraction of sp³-hybridized carbons (Fsp3) is 0.200. The molecule has 0 heterocycles. The van der Waals surface area contributed by atoms with Gasteiger partial charge in [0.05, 0.1) is 0 Å². The minimum atomic E-state index is -0.560. The van der Waals surface area contributed by atoms with Crippen molar-refractivity contribution in [2.75, 3.05) is 5.32 Å². The van der Waals surface area contributed by atoms with Crippen LogP contribution in [0, 0.1) is 18.6 Å². The predicted molar refractivity (Wildman–Crippen MR) is 77.3 cm³/mol. The molecule has 2 aromatic rings. The van der Waals surface area contributed by atoms with Crippen molar-refractivity contribution in [1.29, 1.82) is 0 Å². The molecule has 1 nitrogen and oxygen atoms in total. The van der Waals surface area contributed by atoms with Crippen LogP contribution in [0.1, 0.15) is 24.1 Å². The van der Waals surface area contributed by atoms with Crippen molar-refractivity contribution in [3.8, 4) is 0 Å². The van der Waals surface area contributed by atoms with Gasteiger partial charge in [-0.2, -0.15) is 0 Å². The topological polar surface area (TPSA) is 12.0 Å². The summed E-state index contributed by atoms with van der Waals surface area (Å²) >= 11 is 3.43. The molecule has 0 saturated heterocycles. The van der Waals surface area contributed by atoms with Crippen molar-refractivity contribution >= 4 is 21.6 Å². The summed E-state index contributed by atoms with van der Waals surface area (Å²) < 4.78 is 27.4. The van der Waals surface area contributed by atoms with Gasteiger partial charge in [0, 0.05) is 22.3 Å². The van der Waals surface area contributed by atoms with Crippen molar-refractivity contribution in [1.82, 2.24) is 0 Å². The Labute approximate surface area is 119 Å². The fourth-order valence-corrected chi connectivity index (χ4v) is 2.14. The molecule has 19 heavy (non-hydrogen) atoms. The highest BCUT2D eigenvalue weighted by atomic mass is 79.9. The van der Waals surface area contributed by atoms with Gasteiger partial charge in [0.1, 0.15) is 11.6 Å². The van der Waals surface area contributed by atoms with Gasteiger partial charge in [0.15, 0.2) is 0 Å². The molecule has 0 aliphatic heterocycles. The molecule has 0 aliphatic rings. The SMILES string of the molecule is Cc1cc(NC(C)c2cc(F)cc(F)c2)ccc1Br. The van der Waals surface area contributed by atoms with Gasteiger partial charge in [-0.25, -0.2) is 8.78 Å². The van der Waals surface area contributed by atoms with E-state index in [0.717, 1.165) is 21.8 Å². The number of anilines is 1. The van der Waals surface area contributed by atoms with E-state index in [1.54, 1.807) is 0 Å². The number of hydrogen-bond donors (Lipinski definition) is 1.